The zero-order chi connectivity index (χ0) is 14.5. The van der Waals surface area contributed by atoms with E-state index < -0.39 is 11.8 Å². The van der Waals surface area contributed by atoms with Crippen molar-refractivity contribution >= 4 is 11.7 Å². The standard InChI is InChI=1S/C15H14FNO3/c1-20-15(19)13-4-2-3-5-14(13)17-9-10-6-11(16)8-12(18)7-10/h2-8,17-18H,9H2,1H3. The summed E-state index contributed by atoms with van der Waals surface area (Å²) in [4.78, 5) is 11.6. The first-order valence-electron chi connectivity index (χ1n) is 6.00. The van der Waals surface area contributed by atoms with Crippen molar-refractivity contribution in [3.8, 4) is 5.75 Å². The van der Waals surface area contributed by atoms with Crippen LogP contribution in [0.25, 0.3) is 0 Å². The molecular formula is C15H14FNO3. The fourth-order valence-electron chi connectivity index (χ4n) is 1.86. The number of aromatic hydroxyl groups is 1. The lowest BCUT2D eigenvalue weighted by Crippen LogP contribution is -2.08. The predicted octanol–water partition coefficient (Wildman–Crippen LogP) is 2.93. The normalized spacial score (nSPS) is 10.1. The average Bonchev–Trinajstić information content (AvgIpc) is 2.43. The molecule has 4 nitrogen and oxygen atoms in total. The van der Waals surface area contributed by atoms with E-state index in [0.717, 1.165) is 6.07 Å². The molecule has 0 saturated carbocycles. The molecule has 0 spiro atoms. The van der Waals surface area contributed by atoms with Crippen LogP contribution in [0, 0.1) is 5.82 Å². The first-order chi connectivity index (χ1) is 9.60. The molecule has 104 valence electrons. The number of carbonyl (C=O) groups excluding carboxylic acids is 1. The van der Waals surface area contributed by atoms with Crippen LogP contribution in [0.5, 0.6) is 5.75 Å². The van der Waals surface area contributed by atoms with Crippen molar-refractivity contribution in [1.29, 1.82) is 0 Å². The number of methoxy groups -OCH3 is 1. The molecule has 0 aliphatic rings. The first kappa shape index (κ1) is 13.9. The third-order valence-corrected chi connectivity index (χ3v) is 2.76. The zero-order valence-corrected chi connectivity index (χ0v) is 10.9. The molecule has 2 rings (SSSR count). The van der Waals surface area contributed by atoms with E-state index in [1.807, 2.05) is 0 Å². The number of nitrogens with one attached hydrogen (secondary N) is 1. The molecule has 20 heavy (non-hydrogen) atoms. The van der Waals surface area contributed by atoms with Crippen molar-refractivity contribution in [3.63, 3.8) is 0 Å². The van der Waals surface area contributed by atoms with Crippen molar-refractivity contribution < 1.29 is 19.0 Å². The number of phenols is 1. The van der Waals surface area contributed by atoms with Gasteiger partial charge in [0.2, 0.25) is 0 Å². The first-order valence-corrected chi connectivity index (χ1v) is 6.00. The molecule has 0 unspecified atom stereocenters. The molecule has 0 amide bonds. The summed E-state index contributed by atoms with van der Waals surface area (Å²) >= 11 is 0. The number of para-hydroxylation sites is 1. The molecule has 0 bridgehead atoms. The second-order valence-electron chi connectivity index (χ2n) is 4.21. The molecule has 0 aromatic heterocycles. The predicted molar refractivity (Wildman–Crippen MR) is 73.2 cm³/mol. The number of hydrogen-bond acceptors (Lipinski definition) is 4. The van der Waals surface area contributed by atoms with E-state index in [1.165, 1.54) is 19.2 Å². The molecular weight excluding hydrogens is 261 g/mol. The summed E-state index contributed by atoms with van der Waals surface area (Å²) in [7, 11) is 1.31. The highest BCUT2D eigenvalue weighted by Gasteiger charge is 2.10. The Hall–Kier alpha value is -2.56. The van der Waals surface area contributed by atoms with Gasteiger partial charge in [0.25, 0.3) is 0 Å². The third kappa shape index (κ3) is 3.26. The van der Waals surface area contributed by atoms with Gasteiger partial charge in [-0.2, -0.15) is 0 Å². The fraction of sp³-hybridized carbons (Fsp3) is 0.133. The smallest absolute Gasteiger partial charge is 0.339 e. The number of esters is 1. The highest BCUT2D eigenvalue weighted by atomic mass is 19.1. The third-order valence-electron chi connectivity index (χ3n) is 2.76. The van der Waals surface area contributed by atoms with E-state index in [-0.39, 0.29) is 12.3 Å². The van der Waals surface area contributed by atoms with E-state index in [0.29, 0.717) is 16.8 Å². The second-order valence-corrected chi connectivity index (χ2v) is 4.21. The van der Waals surface area contributed by atoms with Crippen molar-refractivity contribution in [2.45, 2.75) is 6.54 Å². The van der Waals surface area contributed by atoms with Crippen molar-refractivity contribution in [2.75, 3.05) is 12.4 Å². The highest BCUT2D eigenvalue weighted by molar-refractivity contribution is 5.95. The van der Waals surface area contributed by atoms with E-state index in [1.54, 1.807) is 24.3 Å². The number of rotatable bonds is 4. The Kier molecular flexibility index (Phi) is 4.20. The number of hydrogen-bond donors (Lipinski definition) is 2. The lowest BCUT2D eigenvalue weighted by molar-refractivity contribution is 0.0602. The quantitative estimate of drug-likeness (QED) is 0.842. The maximum atomic E-state index is 13.2. The Morgan fingerprint density at radius 2 is 2.05 bits per heavy atom. The van der Waals surface area contributed by atoms with Gasteiger partial charge in [-0.05, 0) is 29.8 Å². The number of benzene rings is 2. The van der Waals surface area contributed by atoms with Gasteiger partial charge in [0.05, 0.1) is 12.7 Å². The molecule has 0 heterocycles. The average molecular weight is 275 g/mol. The molecule has 0 saturated heterocycles. The maximum Gasteiger partial charge on any atom is 0.339 e. The minimum Gasteiger partial charge on any atom is -0.508 e. The van der Waals surface area contributed by atoms with Crippen molar-refractivity contribution in [1.82, 2.24) is 0 Å². The Morgan fingerprint density at radius 1 is 1.30 bits per heavy atom. The van der Waals surface area contributed by atoms with E-state index >= 15 is 0 Å². The van der Waals surface area contributed by atoms with Crippen molar-refractivity contribution in [3.05, 3.63) is 59.4 Å². The molecule has 5 heteroatoms. The SMILES string of the molecule is COC(=O)c1ccccc1NCc1cc(O)cc(F)c1. The Morgan fingerprint density at radius 3 is 2.75 bits per heavy atom. The number of phenolic OH excluding ortho intramolecular Hbond substituents is 1. The van der Waals surface area contributed by atoms with Gasteiger partial charge in [-0.15, -0.1) is 0 Å². The van der Waals surface area contributed by atoms with Crippen LogP contribution in [0.1, 0.15) is 15.9 Å². The van der Waals surface area contributed by atoms with Gasteiger partial charge < -0.3 is 15.2 Å². The van der Waals surface area contributed by atoms with Crippen LogP contribution in [0.3, 0.4) is 0 Å². The van der Waals surface area contributed by atoms with E-state index in [9.17, 15) is 14.3 Å². The van der Waals surface area contributed by atoms with Crippen LogP contribution in [0.4, 0.5) is 10.1 Å². The van der Waals surface area contributed by atoms with Crippen LogP contribution in [0.2, 0.25) is 0 Å². The summed E-state index contributed by atoms with van der Waals surface area (Å²) < 4.78 is 17.8. The summed E-state index contributed by atoms with van der Waals surface area (Å²) in [6.45, 7) is 0.277. The van der Waals surface area contributed by atoms with Gasteiger partial charge in [0, 0.05) is 18.3 Å². The monoisotopic (exact) mass is 275 g/mol. The highest BCUT2D eigenvalue weighted by Crippen LogP contribution is 2.19. The Balaban J connectivity index is 2.16. The molecule has 2 N–H and O–H groups in total. The summed E-state index contributed by atoms with van der Waals surface area (Å²) in [6, 6.07) is 10.7. The Labute approximate surface area is 115 Å². The van der Waals surface area contributed by atoms with Crippen molar-refractivity contribution in [2.24, 2.45) is 0 Å². The lowest BCUT2D eigenvalue weighted by atomic mass is 10.1. The van der Waals surface area contributed by atoms with Crippen LogP contribution in [-0.2, 0) is 11.3 Å². The van der Waals surface area contributed by atoms with Gasteiger partial charge in [-0.3, -0.25) is 0 Å². The second kappa shape index (κ2) is 6.06. The molecule has 0 aliphatic heterocycles. The molecule has 0 fully saturated rings. The van der Waals surface area contributed by atoms with Crippen LogP contribution in [0.15, 0.2) is 42.5 Å². The fourth-order valence-corrected chi connectivity index (χ4v) is 1.86. The minimum atomic E-state index is -0.511. The lowest BCUT2D eigenvalue weighted by Gasteiger charge is -2.11. The topological polar surface area (TPSA) is 58.6 Å². The number of halogens is 1. The number of carbonyl (C=O) groups is 1. The molecule has 2 aromatic carbocycles. The maximum absolute atomic E-state index is 13.2. The zero-order valence-electron chi connectivity index (χ0n) is 10.9. The minimum absolute atomic E-state index is 0.136. The van der Waals surface area contributed by atoms with Gasteiger partial charge >= 0.3 is 5.97 Å². The molecule has 0 aliphatic carbocycles. The molecule has 0 atom stereocenters. The largest absolute Gasteiger partial charge is 0.508 e. The van der Waals surface area contributed by atoms with Gasteiger partial charge in [-0.25, -0.2) is 9.18 Å². The molecule has 0 radical (unpaired) electrons. The van der Waals surface area contributed by atoms with Gasteiger partial charge in [-0.1, -0.05) is 12.1 Å². The summed E-state index contributed by atoms with van der Waals surface area (Å²) in [5, 5.41) is 12.4. The van der Waals surface area contributed by atoms with Crippen LogP contribution >= 0.6 is 0 Å². The number of anilines is 1. The Bertz CT molecular complexity index is 608. The summed E-state index contributed by atoms with van der Waals surface area (Å²) in [5.74, 6) is -1.10. The van der Waals surface area contributed by atoms with E-state index in [4.69, 9.17) is 0 Å². The van der Waals surface area contributed by atoms with Crippen LogP contribution < -0.4 is 5.32 Å². The van der Waals surface area contributed by atoms with E-state index in [2.05, 4.69) is 10.1 Å². The molecule has 2 aromatic rings. The van der Waals surface area contributed by atoms with Crippen LogP contribution in [-0.4, -0.2) is 18.2 Å². The van der Waals surface area contributed by atoms with Gasteiger partial charge in [0.15, 0.2) is 0 Å². The summed E-state index contributed by atoms with van der Waals surface area (Å²) in [6.07, 6.45) is 0. The number of ether oxygens (including phenoxy) is 1. The summed E-state index contributed by atoms with van der Waals surface area (Å²) in [5.41, 5.74) is 1.56. The van der Waals surface area contributed by atoms with Gasteiger partial charge in [0.1, 0.15) is 11.6 Å².